The van der Waals surface area contributed by atoms with E-state index >= 15 is 0 Å². The van der Waals surface area contributed by atoms with Crippen molar-refractivity contribution in [1.29, 1.82) is 0 Å². The number of halogens is 4. The van der Waals surface area contributed by atoms with Gasteiger partial charge in [-0.05, 0) is 63.3 Å². The molecule has 0 aliphatic carbocycles. The van der Waals surface area contributed by atoms with Crippen LogP contribution in [-0.4, -0.2) is 29.9 Å². The van der Waals surface area contributed by atoms with E-state index in [0.717, 1.165) is 44.0 Å². The van der Waals surface area contributed by atoms with Gasteiger partial charge in [-0.1, -0.05) is 35.4 Å². The molecular weight excluding hydrogens is 640 g/mol. The van der Waals surface area contributed by atoms with Gasteiger partial charge in [-0.15, -0.1) is 36.4 Å². The van der Waals surface area contributed by atoms with Gasteiger partial charge in [0.05, 0.1) is 9.79 Å². The Morgan fingerprint density at radius 1 is 0.558 bits per heavy atom. The molecule has 4 rings (SSSR count). The molecule has 0 fully saturated rings. The summed E-state index contributed by atoms with van der Waals surface area (Å²) in [6, 6.07) is 20.3. The molecule has 0 radical (unpaired) electrons. The summed E-state index contributed by atoms with van der Waals surface area (Å²) < 4.78 is 105. The fraction of sp³-hybridized carbons (Fsp3) is 0.200. The van der Waals surface area contributed by atoms with Gasteiger partial charge in [0.15, 0.2) is 0 Å². The van der Waals surface area contributed by atoms with Crippen molar-refractivity contribution in [2.45, 2.75) is 37.5 Å². The normalized spacial score (nSPS) is 11.2. The van der Waals surface area contributed by atoms with Crippen molar-refractivity contribution >= 4 is 31.4 Å². The third-order valence-corrected chi connectivity index (χ3v) is 9.82. The minimum absolute atomic E-state index is 0. The molecule has 0 spiro atoms. The third-order valence-electron chi connectivity index (χ3n) is 6.01. The van der Waals surface area contributed by atoms with Crippen molar-refractivity contribution in [3.05, 3.63) is 119 Å². The quantitative estimate of drug-likeness (QED) is 0.121. The van der Waals surface area contributed by atoms with Crippen LogP contribution in [0.3, 0.4) is 0 Å². The van der Waals surface area contributed by atoms with E-state index in [9.17, 15) is 34.4 Å². The van der Waals surface area contributed by atoms with Gasteiger partial charge in [0.2, 0.25) is 0 Å². The maximum atomic E-state index is 13.8. The molecule has 0 aliphatic heterocycles. The maximum Gasteiger partial charge on any atom is 2.00 e. The Kier molecular flexibility index (Phi) is 12.6. The second-order valence-electron chi connectivity index (χ2n) is 8.98. The summed E-state index contributed by atoms with van der Waals surface area (Å²) in [7, 11) is -7.81. The summed E-state index contributed by atoms with van der Waals surface area (Å²) >= 11 is 0. The summed E-state index contributed by atoms with van der Waals surface area (Å²) in [4.78, 5) is 0.109. The van der Waals surface area contributed by atoms with Crippen molar-refractivity contribution in [3.8, 4) is 0 Å². The monoisotopic (exact) mass is 668 g/mol. The van der Waals surface area contributed by atoms with Crippen LogP contribution in [0.4, 0.5) is 28.9 Å². The Labute approximate surface area is 265 Å². The Morgan fingerprint density at radius 2 is 0.860 bits per heavy atom. The van der Waals surface area contributed by atoms with Gasteiger partial charge in [0.1, 0.15) is 0 Å². The number of hydrogen-bond donors (Lipinski definition) is 0. The van der Waals surface area contributed by atoms with Crippen LogP contribution in [0.25, 0.3) is 0 Å². The summed E-state index contributed by atoms with van der Waals surface area (Å²) in [5.41, 5.74) is 1.38. The zero-order chi connectivity index (χ0) is 31.2. The van der Waals surface area contributed by atoms with E-state index in [1.807, 2.05) is 26.0 Å². The maximum absolute atomic E-state index is 13.8. The number of benzene rings is 4. The summed E-state index contributed by atoms with van der Waals surface area (Å²) in [5, 5.41) is 0. The van der Waals surface area contributed by atoms with Crippen LogP contribution in [0.15, 0.2) is 82.6 Å². The van der Waals surface area contributed by atoms with E-state index in [1.165, 1.54) is 24.3 Å². The molecule has 13 heteroatoms. The van der Waals surface area contributed by atoms with Crippen molar-refractivity contribution < 1.29 is 56.1 Å². The predicted molar refractivity (Wildman–Crippen MR) is 153 cm³/mol. The Balaban J connectivity index is 0.000000293. The van der Waals surface area contributed by atoms with Crippen molar-refractivity contribution in [2.24, 2.45) is 0 Å². The minimum Gasteiger partial charge on any atom is -0.317 e. The van der Waals surface area contributed by atoms with Crippen LogP contribution >= 0.6 is 0 Å². The molecule has 0 bridgehead atoms. The first-order valence-electron chi connectivity index (χ1n) is 12.7. The van der Waals surface area contributed by atoms with Crippen LogP contribution in [0.2, 0.25) is 0 Å². The smallest absolute Gasteiger partial charge is 0.317 e. The predicted octanol–water partition coefficient (Wildman–Crippen LogP) is 6.57. The zero-order valence-corrected chi connectivity index (χ0v) is 26.9. The third kappa shape index (κ3) is 8.47. The number of hydrogen-bond acceptors (Lipinski definition) is 4. The van der Waals surface area contributed by atoms with Gasteiger partial charge in [-0.25, -0.2) is 34.4 Å². The standard InChI is InChI=1S/2C15H14F2NO2S.Ti/c2*1-3-18(15-9-6-12(16)10-14(15)17)21(19,20)13-7-4-11(2)5-8-13;/h2*4-9H,3H2,1-2H3;/q2*-1;+2. The number of sulfonamides is 2. The van der Waals surface area contributed by atoms with Crippen LogP contribution in [-0.2, 0) is 41.8 Å². The van der Waals surface area contributed by atoms with Crippen LogP contribution in [0, 0.1) is 49.2 Å². The average molecular weight is 669 g/mol. The van der Waals surface area contributed by atoms with Crippen LogP contribution in [0.1, 0.15) is 25.0 Å². The Bertz CT molecular complexity index is 1620. The Morgan fingerprint density at radius 3 is 1.12 bits per heavy atom. The molecule has 4 aromatic rings. The molecular formula is C30H28F4N2O4S2Ti. The molecule has 0 atom stereocenters. The SMILES string of the molecule is CCN(c1ccc(F)[c-]c1F)S(=O)(=O)c1ccc(C)cc1.CCN(c1ccc(F)[c-]c1F)S(=O)(=O)c1ccc(C)cc1.[Ti+2]. The van der Waals surface area contributed by atoms with Gasteiger partial charge in [-0.3, -0.25) is 0 Å². The van der Waals surface area contributed by atoms with Crippen molar-refractivity contribution in [2.75, 3.05) is 21.7 Å². The van der Waals surface area contributed by atoms with Crippen LogP contribution < -0.4 is 8.61 Å². The van der Waals surface area contributed by atoms with Crippen molar-refractivity contribution in [1.82, 2.24) is 0 Å². The van der Waals surface area contributed by atoms with E-state index in [2.05, 4.69) is 0 Å². The van der Waals surface area contributed by atoms with E-state index in [4.69, 9.17) is 0 Å². The van der Waals surface area contributed by atoms with E-state index < -0.39 is 43.3 Å². The summed E-state index contributed by atoms with van der Waals surface area (Å²) in [6.45, 7) is 6.87. The molecule has 6 nitrogen and oxygen atoms in total. The first kappa shape index (κ1) is 36.0. The van der Waals surface area contributed by atoms with E-state index in [0.29, 0.717) is 0 Å². The number of nitrogens with zero attached hydrogens (tertiary/aromatic N) is 2. The number of anilines is 2. The van der Waals surface area contributed by atoms with Gasteiger partial charge >= 0.3 is 21.7 Å². The van der Waals surface area contributed by atoms with Gasteiger partial charge in [0, 0.05) is 36.4 Å². The second-order valence-corrected chi connectivity index (χ2v) is 12.7. The van der Waals surface area contributed by atoms with Crippen LogP contribution in [0.5, 0.6) is 0 Å². The molecule has 43 heavy (non-hydrogen) atoms. The molecule has 0 unspecified atom stereocenters. The molecule has 0 amide bonds. The molecule has 4 aromatic carbocycles. The minimum atomic E-state index is -3.91. The fourth-order valence-electron chi connectivity index (χ4n) is 3.87. The molecule has 226 valence electrons. The van der Waals surface area contributed by atoms with E-state index in [1.54, 1.807) is 38.1 Å². The zero-order valence-electron chi connectivity index (χ0n) is 23.7. The largest absolute Gasteiger partial charge is 2.00 e. The first-order chi connectivity index (χ1) is 19.7. The summed E-state index contributed by atoms with van der Waals surface area (Å²) in [5.74, 6) is -3.82. The average Bonchev–Trinajstić information content (AvgIpc) is 2.92. The van der Waals surface area contributed by atoms with E-state index in [-0.39, 0.29) is 56.0 Å². The molecule has 0 heterocycles. The van der Waals surface area contributed by atoms with Gasteiger partial charge < -0.3 is 8.61 Å². The first-order valence-corrected chi connectivity index (χ1v) is 15.5. The van der Waals surface area contributed by atoms with Crippen molar-refractivity contribution in [3.63, 3.8) is 0 Å². The summed E-state index contributed by atoms with van der Waals surface area (Å²) in [6.07, 6.45) is 0. The number of aryl methyl sites for hydroxylation is 2. The molecule has 0 N–H and O–H groups in total. The molecule has 0 saturated heterocycles. The van der Waals surface area contributed by atoms with Gasteiger partial charge in [-0.2, -0.15) is 0 Å². The molecule has 0 aliphatic rings. The molecule has 0 saturated carbocycles. The van der Waals surface area contributed by atoms with Gasteiger partial charge in [0.25, 0.3) is 20.0 Å². The Hall–Kier alpha value is -3.19. The second kappa shape index (κ2) is 15.0. The fourth-order valence-corrected chi connectivity index (χ4v) is 6.82. The number of rotatable bonds is 8. The topological polar surface area (TPSA) is 74.8 Å². The molecule has 0 aromatic heterocycles.